The maximum Gasteiger partial charge on any atom is 0.270 e. The number of rotatable bonds is 3. The van der Waals surface area contributed by atoms with Crippen LogP contribution in [0.3, 0.4) is 0 Å². The van der Waals surface area contributed by atoms with Crippen LogP contribution in [0.25, 0.3) is 0 Å². The van der Waals surface area contributed by atoms with Crippen LogP contribution in [0.2, 0.25) is 0 Å². The number of benzene rings is 2. The molecule has 0 bridgehead atoms. The van der Waals surface area contributed by atoms with Gasteiger partial charge < -0.3 is 10.2 Å². The van der Waals surface area contributed by atoms with Crippen LogP contribution in [0.5, 0.6) is 0 Å². The summed E-state index contributed by atoms with van der Waals surface area (Å²) in [5.41, 5.74) is 3.30. The van der Waals surface area contributed by atoms with Crippen LogP contribution >= 0.6 is 0 Å². The van der Waals surface area contributed by atoms with E-state index in [-0.39, 0.29) is 11.5 Å². The monoisotopic (exact) mass is 328 g/mol. The minimum atomic E-state index is -0.309. The van der Waals surface area contributed by atoms with E-state index in [1.54, 1.807) is 29.2 Å². The largest absolute Gasteiger partial charge is 0.360 e. The topological polar surface area (TPSA) is 79.9 Å². The van der Waals surface area contributed by atoms with Crippen molar-refractivity contribution in [2.45, 2.75) is 12.8 Å². The van der Waals surface area contributed by atoms with Crippen molar-refractivity contribution in [2.75, 3.05) is 16.8 Å². The Morgan fingerprint density at radius 2 is 1.88 bits per heavy atom. The summed E-state index contributed by atoms with van der Waals surface area (Å²) in [7, 11) is 0. The van der Waals surface area contributed by atoms with Crippen LogP contribution in [0.15, 0.2) is 60.3 Å². The van der Waals surface area contributed by atoms with Gasteiger partial charge in [0, 0.05) is 24.1 Å². The average Bonchev–Trinajstić information content (AvgIpc) is 2.68. The molecule has 0 aromatic heterocycles. The number of nitrogens with one attached hydrogen (secondary N) is 1. The average molecular weight is 328 g/mol. The third-order valence-corrected chi connectivity index (χ3v) is 4.10. The Morgan fingerprint density at radius 1 is 1.12 bits per heavy atom. The standard InChI is InChI=1S/C20H16N4O/c21-12-15-7-9-18(10-8-15)23-14-17(13-22)20(25)24-11-3-5-16-4-1-2-6-19(16)24/h1-2,4,6-10,14,23H,3,5,11H2/b17-14-. The first-order valence-corrected chi connectivity index (χ1v) is 7.99. The maximum absolute atomic E-state index is 12.8. The molecule has 0 spiro atoms. The minimum absolute atomic E-state index is 0.0427. The Hall–Kier alpha value is -3.57. The van der Waals surface area contributed by atoms with E-state index in [9.17, 15) is 10.1 Å². The van der Waals surface area contributed by atoms with Gasteiger partial charge in [-0.15, -0.1) is 0 Å². The van der Waals surface area contributed by atoms with E-state index in [1.807, 2.05) is 36.4 Å². The van der Waals surface area contributed by atoms with Gasteiger partial charge in [0.2, 0.25) is 0 Å². The van der Waals surface area contributed by atoms with E-state index in [0.717, 1.165) is 24.1 Å². The molecule has 0 fully saturated rings. The number of fused-ring (bicyclic) bond motifs is 1. The molecule has 0 saturated heterocycles. The Labute approximate surface area is 146 Å². The van der Waals surface area contributed by atoms with Crippen LogP contribution in [0.1, 0.15) is 17.5 Å². The molecular weight excluding hydrogens is 312 g/mol. The van der Waals surface area contributed by atoms with Crippen molar-refractivity contribution in [1.82, 2.24) is 0 Å². The highest BCUT2D eigenvalue weighted by Gasteiger charge is 2.24. The summed E-state index contributed by atoms with van der Waals surface area (Å²) in [6.45, 7) is 0.603. The first-order chi connectivity index (χ1) is 12.2. The number of nitriles is 2. The Morgan fingerprint density at radius 3 is 2.60 bits per heavy atom. The first-order valence-electron chi connectivity index (χ1n) is 7.99. The summed E-state index contributed by atoms with van der Waals surface area (Å²) in [5.74, 6) is -0.309. The minimum Gasteiger partial charge on any atom is -0.360 e. The molecule has 3 rings (SSSR count). The molecular formula is C20H16N4O. The predicted molar refractivity (Wildman–Crippen MR) is 95.6 cm³/mol. The first kappa shape index (κ1) is 16.3. The fraction of sp³-hybridized carbons (Fsp3) is 0.150. The molecule has 1 aliphatic rings. The third-order valence-electron chi connectivity index (χ3n) is 4.10. The normalized spacial score (nSPS) is 13.4. The third kappa shape index (κ3) is 3.52. The van der Waals surface area contributed by atoms with Crippen LogP contribution in [-0.2, 0) is 11.2 Å². The number of hydrogen-bond acceptors (Lipinski definition) is 4. The Balaban J connectivity index is 1.80. The van der Waals surface area contributed by atoms with Crippen molar-refractivity contribution >= 4 is 17.3 Å². The Kier molecular flexibility index (Phi) is 4.78. The summed E-state index contributed by atoms with van der Waals surface area (Å²) in [5, 5.41) is 21.1. The summed E-state index contributed by atoms with van der Waals surface area (Å²) < 4.78 is 0. The van der Waals surface area contributed by atoms with Crippen LogP contribution < -0.4 is 10.2 Å². The number of para-hydroxylation sites is 1. The molecule has 5 nitrogen and oxygen atoms in total. The number of carbonyl (C=O) groups is 1. The van der Waals surface area contributed by atoms with Gasteiger partial charge in [-0.05, 0) is 48.7 Å². The van der Waals surface area contributed by atoms with E-state index in [4.69, 9.17) is 5.26 Å². The SMILES string of the molecule is N#C/C(=C/Nc1ccc(C#N)cc1)C(=O)N1CCCc2ccccc21. The van der Waals surface area contributed by atoms with Crippen molar-refractivity contribution in [1.29, 1.82) is 10.5 Å². The second kappa shape index (κ2) is 7.33. The number of aryl methyl sites for hydroxylation is 1. The van der Waals surface area contributed by atoms with Gasteiger partial charge >= 0.3 is 0 Å². The van der Waals surface area contributed by atoms with Crippen molar-refractivity contribution in [3.8, 4) is 12.1 Å². The molecule has 1 aliphatic heterocycles. The fourth-order valence-corrected chi connectivity index (χ4v) is 2.83. The molecule has 1 N–H and O–H groups in total. The van der Waals surface area contributed by atoms with Gasteiger partial charge in [-0.2, -0.15) is 10.5 Å². The van der Waals surface area contributed by atoms with Gasteiger partial charge in [0.1, 0.15) is 11.6 Å². The summed E-state index contributed by atoms with van der Waals surface area (Å²) in [4.78, 5) is 14.4. The molecule has 0 atom stereocenters. The summed E-state index contributed by atoms with van der Waals surface area (Å²) >= 11 is 0. The molecule has 2 aromatic carbocycles. The quantitative estimate of drug-likeness (QED) is 0.692. The Bertz CT molecular complexity index is 901. The lowest BCUT2D eigenvalue weighted by Crippen LogP contribution is -2.36. The van der Waals surface area contributed by atoms with Gasteiger partial charge in [-0.3, -0.25) is 4.79 Å². The highest BCUT2D eigenvalue weighted by Crippen LogP contribution is 2.27. The van der Waals surface area contributed by atoms with Crippen LogP contribution in [0, 0.1) is 22.7 Å². The van der Waals surface area contributed by atoms with E-state index >= 15 is 0 Å². The highest BCUT2D eigenvalue weighted by atomic mass is 16.2. The molecule has 0 saturated carbocycles. The zero-order valence-corrected chi connectivity index (χ0v) is 13.6. The van der Waals surface area contributed by atoms with E-state index in [1.165, 1.54) is 6.20 Å². The second-order valence-corrected chi connectivity index (χ2v) is 5.69. The molecule has 0 radical (unpaired) electrons. The number of carbonyl (C=O) groups excluding carboxylic acids is 1. The number of hydrogen-bond donors (Lipinski definition) is 1. The number of anilines is 2. The van der Waals surface area contributed by atoms with Gasteiger partial charge in [0.25, 0.3) is 5.91 Å². The van der Waals surface area contributed by atoms with Gasteiger partial charge in [0.15, 0.2) is 0 Å². The fourth-order valence-electron chi connectivity index (χ4n) is 2.83. The van der Waals surface area contributed by atoms with Gasteiger partial charge in [-0.25, -0.2) is 0 Å². The molecule has 0 aliphatic carbocycles. The van der Waals surface area contributed by atoms with Gasteiger partial charge in [-0.1, -0.05) is 18.2 Å². The smallest absolute Gasteiger partial charge is 0.270 e. The van der Waals surface area contributed by atoms with Crippen molar-refractivity contribution in [3.05, 3.63) is 71.4 Å². The molecule has 5 heteroatoms. The molecule has 122 valence electrons. The van der Waals surface area contributed by atoms with Crippen molar-refractivity contribution < 1.29 is 4.79 Å². The van der Waals surface area contributed by atoms with Crippen LogP contribution in [-0.4, -0.2) is 12.5 Å². The lowest BCUT2D eigenvalue weighted by atomic mass is 10.0. The molecule has 2 aromatic rings. The summed E-state index contributed by atoms with van der Waals surface area (Å²) in [6.07, 6.45) is 3.24. The zero-order valence-electron chi connectivity index (χ0n) is 13.6. The molecule has 1 amide bonds. The van der Waals surface area contributed by atoms with E-state index in [0.29, 0.717) is 17.8 Å². The lowest BCUT2D eigenvalue weighted by Gasteiger charge is -2.29. The van der Waals surface area contributed by atoms with Crippen molar-refractivity contribution in [2.24, 2.45) is 0 Å². The molecule has 0 unspecified atom stereocenters. The second-order valence-electron chi connectivity index (χ2n) is 5.69. The van der Waals surface area contributed by atoms with Crippen LogP contribution in [0.4, 0.5) is 11.4 Å². The zero-order chi connectivity index (χ0) is 17.6. The van der Waals surface area contributed by atoms with E-state index in [2.05, 4.69) is 5.32 Å². The molecule has 25 heavy (non-hydrogen) atoms. The predicted octanol–water partition coefficient (Wildman–Crippen LogP) is 3.36. The lowest BCUT2D eigenvalue weighted by molar-refractivity contribution is -0.114. The van der Waals surface area contributed by atoms with Crippen molar-refractivity contribution in [3.63, 3.8) is 0 Å². The van der Waals surface area contributed by atoms with E-state index < -0.39 is 0 Å². The maximum atomic E-state index is 12.8. The van der Waals surface area contributed by atoms with Gasteiger partial charge in [0.05, 0.1) is 11.6 Å². The number of amides is 1. The summed E-state index contributed by atoms with van der Waals surface area (Å²) in [6, 6.07) is 18.6. The highest BCUT2D eigenvalue weighted by molar-refractivity contribution is 6.09. The number of nitrogens with zero attached hydrogens (tertiary/aromatic N) is 3. The molecule has 1 heterocycles.